The zero-order chi connectivity index (χ0) is 26.5. The van der Waals surface area contributed by atoms with Crippen LogP contribution in [-0.4, -0.2) is 39.4 Å². The molecule has 0 saturated carbocycles. The van der Waals surface area contributed by atoms with Gasteiger partial charge in [0.25, 0.3) is 5.91 Å². The van der Waals surface area contributed by atoms with Gasteiger partial charge >= 0.3 is 5.97 Å². The third kappa shape index (κ3) is 6.36. The second kappa shape index (κ2) is 11.2. The van der Waals surface area contributed by atoms with Gasteiger partial charge in [0, 0.05) is 17.5 Å². The largest absolute Gasteiger partial charge is 0.481 e. The normalized spacial score (nSPS) is 12.1. The number of hydrogen-bond donors (Lipinski definition) is 2. The molecule has 6 nitrogen and oxygen atoms in total. The monoisotopic (exact) mass is 490 g/mol. The Balaban J connectivity index is 1.99. The number of halogens is 1. The Hall–Kier alpha value is -4.00. The first-order valence-corrected chi connectivity index (χ1v) is 11.7. The number of nitrogens with two attached hydrogens (primary N) is 1. The van der Waals surface area contributed by atoms with Crippen LogP contribution in [0, 0.1) is 12.7 Å². The van der Waals surface area contributed by atoms with E-state index in [0.717, 1.165) is 11.1 Å². The molecule has 2 amide bonds. The van der Waals surface area contributed by atoms with Crippen LogP contribution in [-0.2, 0) is 16.0 Å². The van der Waals surface area contributed by atoms with Gasteiger partial charge in [-0.05, 0) is 74.1 Å². The smallest absolute Gasteiger partial charge is 0.303 e. The lowest BCUT2D eigenvalue weighted by Gasteiger charge is -2.43. The first-order valence-electron chi connectivity index (χ1n) is 11.7. The molecule has 0 aromatic heterocycles. The van der Waals surface area contributed by atoms with Crippen molar-refractivity contribution in [2.75, 3.05) is 0 Å². The van der Waals surface area contributed by atoms with E-state index in [4.69, 9.17) is 5.73 Å². The molecule has 0 aliphatic heterocycles. The number of aryl methyl sites for hydroxylation is 1. The first-order chi connectivity index (χ1) is 17.0. The Morgan fingerprint density at radius 1 is 0.972 bits per heavy atom. The van der Waals surface area contributed by atoms with Gasteiger partial charge in [-0.25, -0.2) is 4.39 Å². The maximum atomic E-state index is 14.0. The highest BCUT2D eigenvalue weighted by molar-refractivity contribution is 5.98. The van der Waals surface area contributed by atoms with Gasteiger partial charge in [0.15, 0.2) is 0 Å². The average molecular weight is 491 g/mol. The van der Waals surface area contributed by atoms with Crippen LogP contribution in [0.1, 0.15) is 48.2 Å². The van der Waals surface area contributed by atoms with Crippen LogP contribution in [0.2, 0.25) is 0 Å². The van der Waals surface area contributed by atoms with E-state index in [-0.39, 0.29) is 18.7 Å². The number of carboxylic acid groups (broad SMARTS) is 1. The highest BCUT2D eigenvalue weighted by Gasteiger charge is 2.39. The number of rotatable bonds is 10. The van der Waals surface area contributed by atoms with Crippen LogP contribution < -0.4 is 5.73 Å². The summed E-state index contributed by atoms with van der Waals surface area (Å²) in [6, 6.07) is 20.0. The third-order valence-corrected chi connectivity index (χ3v) is 6.26. The zero-order valence-electron chi connectivity index (χ0n) is 20.7. The summed E-state index contributed by atoms with van der Waals surface area (Å²) in [5.41, 5.74) is 8.05. The summed E-state index contributed by atoms with van der Waals surface area (Å²) in [7, 11) is 0. The van der Waals surface area contributed by atoms with Crippen LogP contribution in [0.5, 0.6) is 0 Å². The molecule has 3 aromatic carbocycles. The molecule has 0 aliphatic carbocycles. The van der Waals surface area contributed by atoms with E-state index in [9.17, 15) is 23.9 Å². The molecule has 0 aliphatic rings. The molecule has 0 spiro atoms. The first kappa shape index (κ1) is 26.6. The van der Waals surface area contributed by atoms with Gasteiger partial charge < -0.3 is 15.7 Å². The molecule has 3 N–H and O–H groups in total. The van der Waals surface area contributed by atoms with Crippen molar-refractivity contribution in [2.45, 2.75) is 51.6 Å². The van der Waals surface area contributed by atoms with Gasteiger partial charge in [-0.2, -0.15) is 0 Å². The minimum absolute atomic E-state index is 0.102. The Bertz CT molecular complexity index is 1240. The average Bonchev–Trinajstić information content (AvgIpc) is 2.83. The molecule has 188 valence electrons. The fraction of sp³-hybridized carbons (Fsp3) is 0.276. The van der Waals surface area contributed by atoms with Crippen molar-refractivity contribution >= 4 is 17.8 Å². The highest BCUT2D eigenvalue weighted by Crippen LogP contribution is 2.29. The molecule has 0 fully saturated rings. The van der Waals surface area contributed by atoms with Gasteiger partial charge in [-0.15, -0.1) is 0 Å². The van der Waals surface area contributed by atoms with E-state index in [1.807, 2.05) is 44.2 Å². The lowest BCUT2D eigenvalue weighted by Crippen LogP contribution is -2.58. The number of hydrogen-bond acceptors (Lipinski definition) is 3. The third-order valence-electron chi connectivity index (χ3n) is 6.26. The number of amides is 2. The maximum absolute atomic E-state index is 14.0. The minimum atomic E-state index is -1.11. The highest BCUT2D eigenvalue weighted by atomic mass is 19.1. The van der Waals surface area contributed by atoms with Crippen LogP contribution in [0.3, 0.4) is 0 Å². The van der Waals surface area contributed by atoms with Crippen LogP contribution >= 0.6 is 0 Å². The molecule has 36 heavy (non-hydrogen) atoms. The lowest BCUT2D eigenvalue weighted by atomic mass is 9.89. The fourth-order valence-corrected chi connectivity index (χ4v) is 4.39. The summed E-state index contributed by atoms with van der Waals surface area (Å²) in [6.07, 6.45) is 0.0171. The molecular weight excluding hydrogens is 459 g/mol. The molecule has 3 aromatic rings. The van der Waals surface area contributed by atoms with Crippen molar-refractivity contribution in [3.8, 4) is 11.1 Å². The van der Waals surface area contributed by atoms with Crippen molar-refractivity contribution in [3.63, 3.8) is 0 Å². The molecule has 1 atom stereocenters. The summed E-state index contributed by atoms with van der Waals surface area (Å²) in [5, 5.41) is 9.21. The van der Waals surface area contributed by atoms with Crippen molar-refractivity contribution in [3.05, 3.63) is 95.3 Å². The SMILES string of the molecule is Cc1ccc(-c2ccc(C(=O)N([C@@H](CCC(=O)O)C(N)=O)C(C)(C)Cc3ccccc3)cc2)cc1F. The quantitative estimate of drug-likeness (QED) is 0.418. The predicted molar refractivity (Wildman–Crippen MR) is 137 cm³/mol. The van der Waals surface area contributed by atoms with Crippen molar-refractivity contribution in [2.24, 2.45) is 5.73 Å². The summed E-state index contributed by atoms with van der Waals surface area (Å²) in [5.74, 6) is -2.60. The number of primary amides is 1. The van der Waals surface area contributed by atoms with E-state index >= 15 is 0 Å². The Morgan fingerprint density at radius 2 is 1.58 bits per heavy atom. The van der Waals surface area contributed by atoms with Crippen LogP contribution in [0.25, 0.3) is 11.1 Å². The van der Waals surface area contributed by atoms with E-state index in [1.54, 1.807) is 43.3 Å². The predicted octanol–water partition coefficient (Wildman–Crippen LogP) is 4.98. The van der Waals surface area contributed by atoms with Crippen molar-refractivity contribution < 1.29 is 23.9 Å². The molecule has 0 heterocycles. The van der Waals surface area contributed by atoms with E-state index in [0.29, 0.717) is 23.1 Å². The lowest BCUT2D eigenvalue weighted by molar-refractivity contribution is -0.137. The van der Waals surface area contributed by atoms with Gasteiger partial charge in [-0.3, -0.25) is 14.4 Å². The van der Waals surface area contributed by atoms with E-state index in [1.165, 1.54) is 11.0 Å². The van der Waals surface area contributed by atoms with E-state index in [2.05, 4.69) is 0 Å². The molecular formula is C29H31FN2O4. The van der Waals surface area contributed by atoms with Crippen molar-refractivity contribution in [1.29, 1.82) is 0 Å². The molecule has 7 heteroatoms. The van der Waals surface area contributed by atoms with Gasteiger partial charge in [0.2, 0.25) is 5.91 Å². The number of carbonyl (C=O) groups is 3. The van der Waals surface area contributed by atoms with Crippen molar-refractivity contribution in [1.82, 2.24) is 4.90 Å². The molecule has 0 radical (unpaired) electrons. The summed E-state index contributed by atoms with van der Waals surface area (Å²) in [4.78, 5) is 39.0. The number of nitrogens with zero attached hydrogens (tertiary/aromatic N) is 1. The Kier molecular flexibility index (Phi) is 8.25. The summed E-state index contributed by atoms with van der Waals surface area (Å²) in [6.45, 7) is 5.35. The molecule has 0 bridgehead atoms. The van der Waals surface area contributed by atoms with Crippen LogP contribution in [0.4, 0.5) is 4.39 Å². The second-order valence-corrected chi connectivity index (χ2v) is 9.54. The van der Waals surface area contributed by atoms with Gasteiger partial charge in [-0.1, -0.05) is 54.6 Å². The topological polar surface area (TPSA) is 101 Å². The summed E-state index contributed by atoms with van der Waals surface area (Å²) < 4.78 is 14.0. The Morgan fingerprint density at radius 3 is 2.14 bits per heavy atom. The van der Waals surface area contributed by atoms with E-state index < -0.39 is 29.4 Å². The zero-order valence-corrected chi connectivity index (χ0v) is 20.7. The number of benzene rings is 3. The Labute approximate surface area is 210 Å². The van der Waals surface area contributed by atoms with Crippen LogP contribution in [0.15, 0.2) is 72.8 Å². The molecule has 0 saturated heterocycles. The standard InChI is InChI=1S/C29H31FN2O4/c1-19-9-10-23(17-24(19)30)21-11-13-22(14-12-21)28(36)32(25(27(31)35)15-16-26(33)34)29(2,3)18-20-7-5-4-6-8-20/h4-14,17,25H,15-16,18H2,1-3H3,(H2,31,35)(H,33,34)/t25-/m0/s1. The number of carboxylic acids is 1. The molecule has 0 unspecified atom stereocenters. The second-order valence-electron chi connectivity index (χ2n) is 9.54. The van der Waals surface area contributed by atoms with Gasteiger partial charge in [0.1, 0.15) is 11.9 Å². The number of carbonyl (C=O) groups excluding carboxylic acids is 2. The number of aliphatic carboxylic acids is 1. The fourth-order valence-electron chi connectivity index (χ4n) is 4.39. The summed E-state index contributed by atoms with van der Waals surface area (Å²) >= 11 is 0. The minimum Gasteiger partial charge on any atom is -0.481 e. The molecule has 3 rings (SSSR count). The maximum Gasteiger partial charge on any atom is 0.303 e. The van der Waals surface area contributed by atoms with Gasteiger partial charge in [0.05, 0.1) is 0 Å².